The third-order valence-corrected chi connectivity index (χ3v) is 5.59. The van der Waals surface area contributed by atoms with Gasteiger partial charge in [0.05, 0.1) is 23.9 Å². The molecule has 142 valence electrons. The molecular weight excluding hydrogens is 366 g/mol. The number of rotatable bonds is 5. The van der Waals surface area contributed by atoms with Crippen LogP contribution in [-0.4, -0.2) is 53.4 Å². The summed E-state index contributed by atoms with van der Waals surface area (Å²) in [6, 6.07) is 1.89. The van der Waals surface area contributed by atoms with Gasteiger partial charge in [-0.1, -0.05) is 16.6 Å². The van der Waals surface area contributed by atoms with Crippen molar-refractivity contribution in [3.8, 4) is 10.6 Å². The Hall–Kier alpha value is -2.62. The number of likely N-dealkylation sites (tertiary alicyclic amines) is 1. The Bertz CT molecular complexity index is 904. The van der Waals surface area contributed by atoms with E-state index in [0.29, 0.717) is 18.8 Å². The highest BCUT2D eigenvalue weighted by Gasteiger charge is 2.31. The van der Waals surface area contributed by atoms with Crippen molar-refractivity contribution in [1.82, 2.24) is 34.4 Å². The van der Waals surface area contributed by atoms with E-state index < -0.39 is 0 Å². The highest BCUT2D eigenvalue weighted by molar-refractivity contribution is 7.09. The van der Waals surface area contributed by atoms with Crippen LogP contribution in [0.4, 0.5) is 0 Å². The van der Waals surface area contributed by atoms with E-state index in [1.165, 1.54) is 17.9 Å². The first-order valence-corrected chi connectivity index (χ1v) is 9.76. The van der Waals surface area contributed by atoms with E-state index in [1.54, 1.807) is 11.0 Å². The Labute approximate surface area is 160 Å². The molecule has 0 aromatic carbocycles. The van der Waals surface area contributed by atoms with E-state index in [4.69, 9.17) is 4.52 Å². The highest BCUT2D eigenvalue weighted by Crippen LogP contribution is 2.35. The molecule has 1 aliphatic heterocycles. The van der Waals surface area contributed by atoms with Crippen LogP contribution < -0.4 is 0 Å². The topological polar surface area (TPSA) is 103 Å². The van der Waals surface area contributed by atoms with E-state index in [0.717, 1.165) is 35.7 Å². The fraction of sp³-hybridized carbons (Fsp3) is 0.529. The molecule has 3 aromatic heterocycles. The number of nitrogens with zero attached hydrogens (tertiary/aromatic N) is 7. The van der Waals surface area contributed by atoms with Crippen LogP contribution in [0.15, 0.2) is 23.2 Å². The molecule has 0 aliphatic carbocycles. The maximum Gasteiger partial charge on any atom is 0.227 e. The quantitative estimate of drug-likeness (QED) is 0.661. The summed E-state index contributed by atoms with van der Waals surface area (Å²) in [5.74, 6) is 0.826. The first kappa shape index (κ1) is 17.8. The molecule has 0 radical (unpaired) electrons. The smallest absolute Gasteiger partial charge is 0.227 e. The molecular formula is C17H21N7O2S. The van der Waals surface area contributed by atoms with Crippen molar-refractivity contribution in [2.75, 3.05) is 13.1 Å². The SMILES string of the molecule is Cc1cc(-c2snnc2[C@@H]2CCCN(C(=O)[C@H](C)Cn3cncn3)C2)on1. The normalized spacial score (nSPS) is 18.6. The molecule has 2 atom stereocenters. The van der Waals surface area contributed by atoms with Crippen LogP contribution >= 0.6 is 11.5 Å². The van der Waals surface area contributed by atoms with Crippen LogP contribution in [0.1, 0.15) is 37.1 Å². The third-order valence-electron chi connectivity index (χ3n) is 4.83. The van der Waals surface area contributed by atoms with E-state index >= 15 is 0 Å². The zero-order valence-corrected chi connectivity index (χ0v) is 16.1. The molecule has 1 saturated heterocycles. The van der Waals surface area contributed by atoms with Crippen LogP contribution in [-0.2, 0) is 11.3 Å². The molecule has 4 heterocycles. The van der Waals surface area contributed by atoms with Gasteiger partial charge in [0.15, 0.2) is 5.76 Å². The Morgan fingerprint density at radius 2 is 2.37 bits per heavy atom. The van der Waals surface area contributed by atoms with Crippen LogP contribution in [0.2, 0.25) is 0 Å². The first-order valence-electron chi connectivity index (χ1n) is 8.99. The van der Waals surface area contributed by atoms with E-state index in [-0.39, 0.29) is 17.7 Å². The molecule has 0 spiro atoms. The number of hydrogen-bond acceptors (Lipinski definition) is 8. The van der Waals surface area contributed by atoms with Crippen molar-refractivity contribution in [2.24, 2.45) is 5.92 Å². The Kier molecular flexibility index (Phi) is 4.97. The van der Waals surface area contributed by atoms with Crippen molar-refractivity contribution in [1.29, 1.82) is 0 Å². The number of hydrogen-bond donors (Lipinski definition) is 0. The molecule has 1 aliphatic rings. The van der Waals surface area contributed by atoms with Crippen molar-refractivity contribution < 1.29 is 9.32 Å². The molecule has 0 bridgehead atoms. The van der Waals surface area contributed by atoms with Gasteiger partial charge in [-0.15, -0.1) is 5.10 Å². The molecule has 27 heavy (non-hydrogen) atoms. The van der Waals surface area contributed by atoms with Crippen molar-refractivity contribution in [3.05, 3.63) is 30.1 Å². The van der Waals surface area contributed by atoms with Gasteiger partial charge in [-0.05, 0) is 31.3 Å². The van der Waals surface area contributed by atoms with Crippen molar-refractivity contribution in [2.45, 2.75) is 39.2 Å². The summed E-state index contributed by atoms with van der Waals surface area (Å²) >= 11 is 1.31. The minimum atomic E-state index is -0.157. The Morgan fingerprint density at radius 1 is 1.48 bits per heavy atom. The number of piperidine rings is 1. The predicted octanol–water partition coefficient (Wildman–Crippen LogP) is 2.14. The van der Waals surface area contributed by atoms with Gasteiger partial charge in [0.25, 0.3) is 0 Å². The number of carbonyl (C=O) groups excluding carboxylic acids is 1. The number of aromatic nitrogens is 6. The average Bonchev–Trinajstić information content (AvgIpc) is 3.42. The second-order valence-electron chi connectivity index (χ2n) is 6.96. The molecule has 0 unspecified atom stereocenters. The predicted molar refractivity (Wildman–Crippen MR) is 97.9 cm³/mol. The molecule has 3 aromatic rings. The molecule has 4 rings (SSSR count). The standard InChI is InChI=1S/C17H21N7O2S/c1-11(7-24-10-18-9-19-24)17(25)23-5-3-4-13(8-23)15-16(27-22-20-15)14-6-12(2)21-26-14/h6,9-11,13H,3-5,7-8H2,1-2H3/t11-,13-/m1/s1. The van der Waals surface area contributed by atoms with E-state index in [9.17, 15) is 4.79 Å². The van der Waals surface area contributed by atoms with Gasteiger partial charge in [-0.2, -0.15) is 5.10 Å². The van der Waals surface area contributed by atoms with Crippen LogP contribution in [0.5, 0.6) is 0 Å². The van der Waals surface area contributed by atoms with Crippen molar-refractivity contribution >= 4 is 17.4 Å². The summed E-state index contributed by atoms with van der Waals surface area (Å²) in [6.07, 6.45) is 5.04. The maximum absolute atomic E-state index is 12.9. The molecule has 10 heteroatoms. The first-order chi connectivity index (χ1) is 13.1. The molecule has 0 N–H and O–H groups in total. The van der Waals surface area contributed by atoms with Crippen molar-refractivity contribution in [3.63, 3.8) is 0 Å². The lowest BCUT2D eigenvalue weighted by atomic mass is 9.93. The van der Waals surface area contributed by atoms with Gasteiger partial charge >= 0.3 is 0 Å². The zero-order valence-electron chi connectivity index (χ0n) is 15.3. The van der Waals surface area contributed by atoms with Gasteiger partial charge in [-0.25, -0.2) is 4.98 Å². The summed E-state index contributed by atoms with van der Waals surface area (Å²) in [7, 11) is 0. The molecule has 1 amide bonds. The number of amides is 1. The fourth-order valence-electron chi connectivity index (χ4n) is 3.50. The lowest BCUT2D eigenvalue weighted by molar-refractivity contribution is -0.136. The number of aryl methyl sites for hydroxylation is 1. The maximum atomic E-state index is 12.9. The monoisotopic (exact) mass is 387 g/mol. The largest absolute Gasteiger partial charge is 0.355 e. The lowest BCUT2D eigenvalue weighted by Crippen LogP contribution is -2.42. The molecule has 9 nitrogen and oxygen atoms in total. The zero-order chi connectivity index (χ0) is 18.8. The summed E-state index contributed by atoms with van der Waals surface area (Å²) in [6.45, 7) is 5.76. The number of carbonyl (C=O) groups is 1. The lowest BCUT2D eigenvalue weighted by Gasteiger charge is -2.33. The summed E-state index contributed by atoms with van der Waals surface area (Å²) in [4.78, 5) is 19.7. The van der Waals surface area contributed by atoms with Gasteiger partial charge in [0.2, 0.25) is 5.91 Å². The molecule has 1 fully saturated rings. The van der Waals surface area contributed by atoms with Crippen LogP contribution in [0.3, 0.4) is 0 Å². The minimum Gasteiger partial charge on any atom is -0.355 e. The summed E-state index contributed by atoms with van der Waals surface area (Å²) in [5.41, 5.74) is 1.73. The third kappa shape index (κ3) is 3.75. The van der Waals surface area contributed by atoms with Gasteiger partial charge < -0.3 is 9.42 Å². The second-order valence-corrected chi connectivity index (χ2v) is 7.72. The fourth-order valence-corrected chi connectivity index (χ4v) is 4.20. The van der Waals surface area contributed by atoms with Crippen LogP contribution in [0.25, 0.3) is 10.6 Å². The summed E-state index contributed by atoms with van der Waals surface area (Å²) in [5, 5.41) is 12.4. The minimum absolute atomic E-state index is 0.135. The Morgan fingerprint density at radius 3 is 3.11 bits per heavy atom. The van der Waals surface area contributed by atoms with E-state index in [1.807, 2.05) is 24.8 Å². The summed E-state index contributed by atoms with van der Waals surface area (Å²) < 4.78 is 11.2. The van der Waals surface area contributed by atoms with Crippen LogP contribution in [0, 0.1) is 12.8 Å². The molecule has 0 saturated carbocycles. The van der Waals surface area contributed by atoms with Gasteiger partial charge in [-0.3, -0.25) is 9.48 Å². The van der Waals surface area contributed by atoms with Gasteiger partial charge in [0.1, 0.15) is 17.5 Å². The highest BCUT2D eigenvalue weighted by atomic mass is 32.1. The van der Waals surface area contributed by atoms with Gasteiger partial charge in [0, 0.05) is 25.1 Å². The van der Waals surface area contributed by atoms with E-state index in [2.05, 4.69) is 24.8 Å². The average molecular weight is 387 g/mol. The second kappa shape index (κ2) is 7.55. The Balaban J connectivity index is 1.47.